The van der Waals surface area contributed by atoms with Gasteiger partial charge in [0.2, 0.25) is 0 Å². The molecule has 2 heterocycles. The third-order valence-corrected chi connectivity index (χ3v) is 7.19. The largest absolute Gasteiger partial charge is 0.490 e. The predicted molar refractivity (Wildman–Crippen MR) is 120 cm³/mol. The minimum Gasteiger partial charge on any atom is -0.490 e. The number of carbonyl (C=O) groups is 1. The first kappa shape index (κ1) is 24.9. The Morgan fingerprint density at radius 3 is 2.33 bits per heavy atom. The number of likely N-dealkylation sites (tertiary alicyclic amines) is 1. The van der Waals surface area contributed by atoms with E-state index in [1.54, 1.807) is 0 Å². The molecule has 0 bridgehead atoms. The molecule has 3 aliphatic rings. The highest BCUT2D eigenvalue weighted by Gasteiger charge is 2.38. The summed E-state index contributed by atoms with van der Waals surface area (Å²) in [6.07, 6.45) is -0.881. The molecule has 194 valence electrons. The average molecular weight is 511 g/mol. The van der Waals surface area contributed by atoms with Gasteiger partial charge in [-0.15, -0.1) is 0 Å². The fraction of sp³-hybridized carbons (Fsp3) is 0.538. The molecule has 1 aliphatic heterocycles. The third-order valence-electron chi connectivity index (χ3n) is 7.19. The van der Waals surface area contributed by atoms with Crippen LogP contribution >= 0.6 is 0 Å². The van der Waals surface area contributed by atoms with Gasteiger partial charge in [0.05, 0.1) is 16.8 Å². The minimum absolute atomic E-state index is 0.0802. The predicted octanol–water partition coefficient (Wildman–Crippen LogP) is 6.08. The Bertz CT molecular complexity index is 1150. The number of rotatable bonds is 8. The molecule has 5 rings (SSSR count). The van der Waals surface area contributed by atoms with Crippen LogP contribution in [0.3, 0.4) is 0 Å². The SMILES string of the molecule is O=C(O)c1cc(C2CC2)c(OCC2(F)CCN(Cc3cc(C(F)(F)F)cc(C4CC4)n3)CC2)cc1F. The Labute approximate surface area is 205 Å². The number of benzene rings is 1. The first-order chi connectivity index (χ1) is 17.0. The van der Waals surface area contributed by atoms with Gasteiger partial charge >= 0.3 is 12.1 Å². The van der Waals surface area contributed by atoms with Gasteiger partial charge in [0.25, 0.3) is 0 Å². The molecule has 0 amide bonds. The number of nitrogens with zero attached hydrogens (tertiary/aromatic N) is 2. The third kappa shape index (κ3) is 5.63. The highest BCUT2D eigenvalue weighted by molar-refractivity contribution is 5.88. The zero-order chi connectivity index (χ0) is 25.7. The topological polar surface area (TPSA) is 62.7 Å². The molecule has 0 atom stereocenters. The van der Waals surface area contributed by atoms with Crippen LogP contribution in [0, 0.1) is 5.82 Å². The van der Waals surface area contributed by atoms with Crippen LogP contribution in [-0.2, 0) is 12.7 Å². The first-order valence-corrected chi connectivity index (χ1v) is 12.2. The molecule has 0 radical (unpaired) electrons. The van der Waals surface area contributed by atoms with Gasteiger partial charge in [0.15, 0.2) is 0 Å². The van der Waals surface area contributed by atoms with Crippen LogP contribution in [0.25, 0.3) is 0 Å². The summed E-state index contributed by atoms with van der Waals surface area (Å²) in [5, 5.41) is 9.18. The molecule has 0 unspecified atom stereocenters. The van der Waals surface area contributed by atoms with E-state index in [1.165, 1.54) is 6.07 Å². The lowest BCUT2D eigenvalue weighted by Gasteiger charge is -2.36. The molecular formula is C26H27F5N2O3. The van der Waals surface area contributed by atoms with Gasteiger partial charge in [-0.3, -0.25) is 9.88 Å². The lowest BCUT2D eigenvalue weighted by molar-refractivity contribution is -0.137. The number of pyridine rings is 1. The Morgan fingerprint density at radius 2 is 1.75 bits per heavy atom. The van der Waals surface area contributed by atoms with Crippen LogP contribution in [0.5, 0.6) is 5.75 Å². The number of carboxylic acid groups (broad SMARTS) is 1. The summed E-state index contributed by atoms with van der Waals surface area (Å²) in [5.74, 6) is -1.96. The van der Waals surface area contributed by atoms with Crippen molar-refractivity contribution in [2.75, 3.05) is 19.7 Å². The van der Waals surface area contributed by atoms with Gasteiger partial charge in [0.1, 0.15) is 23.8 Å². The van der Waals surface area contributed by atoms with E-state index >= 15 is 4.39 Å². The Hall–Kier alpha value is -2.75. The number of hydrogen-bond donors (Lipinski definition) is 1. The van der Waals surface area contributed by atoms with E-state index in [9.17, 15) is 27.5 Å². The van der Waals surface area contributed by atoms with Crippen molar-refractivity contribution in [3.63, 3.8) is 0 Å². The molecular weight excluding hydrogens is 483 g/mol. The van der Waals surface area contributed by atoms with E-state index in [-0.39, 0.29) is 43.6 Å². The molecule has 5 nitrogen and oxygen atoms in total. The zero-order valence-corrected chi connectivity index (χ0v) is 19.6. The highest BCUT2D eigenvalue weighted by Crippen LogP contribution is 2.46. The van der Waals surface area contributed by atoms with Crippen LogP contribution in [0.15, 0.2) is 24.3 Å². The van der Waals surface area contributed by atoms with Gasteiger partial charge in [-0.1, -0.05) is 0 Å². The highest BCUT2D eigenvalue weighted by atomic mass is 19.4. The molecule has 1 N–H and O–H groups in total. The maximum atomic E-state index is 15.5. The molecule has 1 aromatic carbocycles. The van der Waals surface area contributed by atoms with Crippen molar-refractivity contribution >= 4 is 5.97 Å². The van der Waals surface area contributed by atoms with Crippen LogP contribution in [0.1, 0.15) is 83.2 Å². The number of alkyl halides is 4. The Balaban J connectivity index is 1.22. The van der Waals surface area contributed by atoms with Crippen molar-refractivity contribution in [3.05, 3.63) is 58.2 Å². The van der Waals surface area contributed by atoms with E-state index in [4.69, 9.17) is 4.74 Å². The summed E-state index contributed by atoms with van der Waals surface area (Å²) < 4.78 is 75.5. The van der Waals surface area contributed by atoms with Crippen LogP contribution < -0.4 is 4.74 Å². The number of ether oxygens (including phenoxy) is 1. The van der Waals surface area contributed by atoms with E-state index in [2.05, 4.69) is 4.98 Å². The van der Waals surface area contributed by atoms with E-state index in [1.807, 2.05) is 4.90 Å². The van der Waals surface area contributed by atoms with Crippen LogP contribution in [0.4, 0.5) is 22.0 Å². The Kier molecular flexibility index (Phi) is 6.43. The summed E-state index contributed by atoms with van der Waals surface area (Å²) in [6.45, 7) is 0.533. The van der Waals surface area contributed by atoms with Crippen molar-refractivity contribution in [1.82, 2.24) is 9.88 Å². The van der Waals surface area contributed by atoms with E-state index in [0.29, 0.717) is 30.0 Å². The smallest absolute Gasteiger partial charge is 0.416 e. The molecule has 1 saturated heterocycles. The summed E-state index contributed by atoms with van der Waals surface area (Å²) in [5.41, 5.74) is -1.43. The van der Waals surface area contributed by atoms with Gasteiger partial charge in [-0.05, 0) is 68.2 Å². The monoisotopic (exact) mass is 510 g/mol. The van der Waals surface area contributed by atoms with Gasteiger partial charge in [0, 0.05) is 37.3 Å². The lowest BCUT2D eigenvalue weighted by atomic mass is 9.94. The lowest BCUT2D eigenvalue weighted by Crippen LogP contribution is -2.44. The van der Waals surface area contributed by atoms with Gasteiger partial charge in [-0.2, -0.15) is 13.2 Å². The zero-order valence-electron chi connectivity index (χ0n) is 19.6. The molecule has 10 heteroatoms. The van der Waals surface area contributed by atoms with Gasteiger partial charge in [-0.25, -0.2) is 13.6 Å². The second kappa shape index (κ2) is 9.28. The standard InChI is InChI=1S/C26H27F5N2O3/c27-21-12-23(19(15-1-2-15)11-20(21)24(34)35)36-14-25(28)5-7-33(8-6-25)13-18-9-17(26(29,30)31)10-22(32-18)16-3-4-16/h9-12,15-16H,1-8,13-14H2,(H,34,35). The molecule has 2 aromatic rings. The number of piperidine rings is 1. The molecule has 0 spiro atoms. The first-order valence-electron chi connectivity index (χ1n) is 12.2. The van der Waals surface area contributed by atoms with Crippen molar-refractivity contribution in [2.45, 2.75) is 68.8 Å². The number of aromatic carboxylic acids is 1. The maximum Gasteiger partial charge on any atom is 0.416 e. The summed E-state index contributed by atoms with van der Waals surface area (Å²) in [7, 11) is 0. The fourth-order valence-electron chi connectivity index (χ4n) is 4.71. The number of aromatic nitrogens is 1. The summed E-state index contributed by atoms with van der Waals surface area (Å²) in [4.78, 5) is 17.6. The number of hydrogen-bond acceptors (Lipinski definition) is 4. The van der Waals surface area contributed by atoms with Crippen molar-refractivity contribution in [3.8, 4) is 5.75 Å². The number of halogens is 5. The number of carboxylic acids is 1. The molecule has 3 fully saturated rings. The molecule has 1 aromatic heterocycles. The van der Waals surface area contributed by atoms with Gasteiger partial charge < -0.3 is 9.84 Å². The maximum absolute atomic E-state index is 15.5. The summed E-state index contributed by atoms with van der Waals surface area (Å²) >= 11 is 0. The second-order valence-corrected chi connectivity index (χ2v) is 10.2. The van der Waals surface area contributed by atoms with Crippen LogP contribution in [0.2, 0.25) is 0 Å². The molecule has 2 aliphatic carbocycles. The average Bonchev–Trinajstić information content (AvgIpc) is 3.72. The van der Waals surface area contributed by atoms with Crippen molar-refractivity contribution in [1.29, 1.82) is 0 Å². The van der Waals surface area contributed by atoms with Crippen molar-refractivity contribution < 1.29 is 36.6 Å². The molecule has 2 saturated carbocycles. The quantitative estimate of drug-likeness (QED) is 0.437. The molecule has 36 heavy (non-hydrogen) atoms. The van der Waals surface area contributed by atoms with E-state index < -0.39 is 34.8 Å². The normalized spacial score (nSPS) is 20.4. The summed E-state index contributed by atoms with van der Waals surface area (Å²) in [6, 6.07) is 4.49. The van der Waals surface area contributed by atoms with E-state index in [0.717, 1.165) is 43.9 Å². The minimum atomic E-state index is -4.45. The fourth-order valence-corrected chi connectivity index (χ4v) is 4.71. The van der Waals surface area contributed by atoms with Crippen LogP contribution in [-0.4, -0.2) is 46.3 Å². The van der Waals surface area contributed by atoms with Crippen molar-refractivity contribution in [2.24, 2.45) is 0 Å². The second-order valence-electron chi connectivity index (χ2n) is 10.2. The Morgan fingerprint density at radius 1 is 1.08 bits per heavy atom.